The molecule has 0 spiro atoms. The topological polar surface area (TPSA) is 23.5 Å². The van der Waals surface area contributed by atoms with Crippen molar-refractivity contribution in [2.45, 2.75) is 78.0 Å². The van der Waals surface area contributed by atoms with Crippen LogP contribution in [0.4, 0.5) is 0 Å². The van der Waals surface area contributed by atoms with Crippen LogP contribution in [0.2, 0.25) is 0 Å². The molecule has 0 aromatic rings. The first-order chi connectivity index (χ1) is 7.92. The molecule has 17 heavy (non-hydrogen) atoms. The maximum absolute atomic E-state index is 10.6. The summed E-state index contributed by atoms with van der Waals surface area (Å²) < 4.78 is 0. The van der Waals surface area contributed by atoms with E-state index in [0.717, 1.165) is 12.6 Å². The molecule has 0 aliphatic heterocycles. The van der Waals surface area contributed by atoms with Crippen molar-refractivity contribution in [2.75, 3.05) is 6.54 Å². The zero-order chi connectivity index (χ0) is 12.6. The number of aliphatic hydroxyl groups is 1. The van der Waals surface area contributed by atoms with Gasteiger partial charge in [-0.2, -0.15) is 0 Å². The lowest BCUT2D eigenvalue weighted by molar-refractivity contribution is -0.0625. The van der Waals surface area contributed by atoms with Crippen LogP contribution < -0.4 is 0 Å². The van der Waals surface area contributed by atoms with E-state index < -0.39 is 0 Å². The van der Waals surface area contributed by atoms with Crippen LogP contribution in [-0.4, -0.2) is 34.7 Å². The second-order valence-electron chi connectivity index (χ2n) is 7.21. The van der Waals surface area contributed by atoms with Gasteiger partial charge in [0.05, 0.1) is 6.10 Å². The van der Waals surface area contributed by atoms with Gasteiger partial charge in [-0.25, -0.2) is 0 Å². The van der Waals surface area contributed by atoms with Gasteiger partial charge in [0.15, 0.2) is 0 Å². The summed E-state index contributed by atoms with van der Waals surface area (Å²) in [4.78, 5) is 2.62. The number of hydrogen-bond acceptors (Lipinski definition) is 2. The van der Waals surface area contributed by atoms with Crippen LogP contribution >= 0.6 is 0 Å². The Balaban J connectivity index is 2.06. The molecule has 2 heteroatoms. The molecule has 0 aromatic heterocycles. The van der Waals surface area contributed by atoms with Gasteiger partial charge in [-0.3, -0.25) is 4.90 Å². The molecule has 100 valence electrons. The third kappa shape index (κ3) is 3.03. The van der Waals surface area contributed by atoms with Gasteiger partial charge in [-0.05, 0) is 37.0 Å². The molecule has 2 fully saturated rings. The summed E-state index contributed by atoms with van der Waals surface area (Å²) >= 11 is 0. The molecule has 2 aliphatic carbocycles. The Morgan fingerprint density at radius 1 is 1.24 bits per heavy atom. The SMILES string of the molecule is CC(C)CN(C1CC1)C1CCCC(C)(C)C1O. The lowest BCUT2D eigenvalue weighted by atomic mass is 9.72. The number of aliphatic hydroxyl groups excluding tert-OH is 1. The fraction of sp³-hybridized carbons (Fsp3) is 1.00. The highest BCUT2D eigenvalue weighted by atomic mass is 16.3. The summed E-state index contributed by atoms with van der Waals surface area (Å²) in [6.45, 7) is 10.2. The minimum absolute atomic E-state index is 0.104. The molecule has 0 amide bonds. The second-order valence-corrected chi connectivity index (χ2v) is 7.21. The van der Waals surface area contributed by atoms with Crippen molar-refractivity contribution in [1.82, 2.24) is 4.90 Å². The first-order valence-electron chi connectivity index (χ1n) is 7.35. The third-order valence-corrected chi connectivity index (χ3v) is 4.50. The molecule has 2 saturated carbocycles. The molecule has 0 aromatic carbocycles. The number of rotatable bonds is 4. The first kappa shape index (κ1) is 13.4. The number of hydrogen-bond donors (Lipinski definition) is 1. The van der Waals surface area contributed by atoms with E-state index in [0.29, 0.717) is 12.0 Å². The van der Waals surface area contributed by atoms with Crippen LogP contribution in [0.15, 0.2) is 0 Å². The van der Waals surface area contributed by atoms with E-state index in [9.17, 15) is 5.11 Å². The lowest BCUT2D eigenvalue weighted by Crippen LogP contribution is -2.54. The highest BCUT2D eigenvalue weighted by Crippen LogP contribution is 2.41. The molecule has 0 bridgehead atoms. The maximum Gasteiger partial charge on any atom is 0.0746 e. The molecule has 0 saturated heterocycles. The first-order valence-corrected chi connectivity index (χ1v) is 7.35. The average Bonchev–Trinajstić information content (AvgIpc) is 3.02. The van der Waals surface area contributed by atoms with Gasteiger partial charge in [0, 0.05) is 18.6 Å². The Hall–Kier alpha value is -0.0800. The van der Waals surface area contributed by atoms with Gasteiger partial charge < -0.3 is 5.11 Å². The quantitative estimate of drug-likeness (QED) is 0.815. The largest absolute Gasteiger partial charge is 0.391 e. The van der Waals surface area contributed by atoms with Crippen LogP contribution in [-0.2, 0) is 0 Å². The van der Waals surface area contributed by atoms with E-state index >= 15 is 0 Å². The third-order valence-electron chi connectivity index (χ3n) is 4.50. The van der Waals surface area contributed by atoms with E-state index in [1.807, 2.05) is 0 Å². The van der Waals surface area contributed by atoms with Crippen molar-refractivity contribution in [1.29, 1.82) is 0 Å². The molecule has 1 N–H and O–H groups in total. The minimum atomic E-state index is -0.143. The highest BCUT2D eigenvalue weighted by Gasteiger charge is 2.44. The second kappa shape index (κ2) is 4.89. The van der Waals surface area contributed by atoms with Gasteiger partial charge >= 0.3 is 0 Å². The fourth-order valence-electron chi connectivity index (χ4n) is 3.32. The molecular formula is C15H29NO. The van der Waals surface area contributed by atoms with Crippen molar-refractivity contribution in [2.24, 2.45) is 11.3 Å². The Morgan fingerprint density at radius 2 is 1.88 bits per heavy atom. The molecule has 2 atom stereocenters. The molecule has 0 heterocycles. The van der Waals surface area contributed by atoms with Crippen LogP contribution in [0.5, 0.6) is 0 Å². The molecule has 2 unspecified atom stereocenters. The Labute approximate surface area is 106 Å². The van der Waals surface area contributed by atoms with E-state index in [-0.39, 0.29) is 11.5 Å². The van der Waals surface area contributed by atoms with Gasteiger partial charge in [-0.1, -0.05) is 34.1 Å². The zero-order valence-corrected chi connectivity index (χ0v) is 11.9. The molecule has 0 radical (unpaired) electrons. The summed E-state index contributed by atoms with van der Waals surface area (Å²) in [5, 5.41) is 10.6. The van der Waals surface area contributed by atoms with Gasteiger partial charge in [0.25, 0.3) is 0 Å². The summed E-state index contributed by atoms with van der Waals surface area (Å²) in [7, 11) is 0. The van der Waals surface area contributed by atoms with Crippen molar-refractivity contribution in [3.8, 4) is 0 Å². The summed E-state index contributed by atoms with van der Waals surface area (Å²) in [6, 6.07) is 1.18. The van der Waals surface area contributed by atoms with E-state index in [1.165, 1.54) is 32.1 Å². The molecule has 2 nitrogen and oxygen atoms in total. The monoisotopic (exact) mass is 239 g/mol. The van der Waals surface area contributed by atoms with Crippen molar-refractivity contribution in [3.63, 3.8) is 0 Å². The predicted molar refractivity (Wildman–Crippen MR) is 72.0 cm³/mol. The molecular weight excluding hydrogens is 210 g/mol. The van der Waals surface area contributed by atoms with Crippen LogP contribution in [0.3, 0.4) is 0 Å². The molecule has 2 rings (SSSR count). The van der Waals surface area contributed by atoms with Crippen molar-refractivity contribution < 1.29 is 5.11 Å². The highest BCUT2D eigenvalue weighted by molar-refractivity contribution is 4.98. The van der Waals surface area contributed by atoms with Crippen molar-refractivity contribution >= 4 is 0 Å². The van der Waals surface area contributed by atoms with Crippen LogP contribution in [0.1, 0.15) is 59.8 Å². The summed E-state index contributed by atoms with van der Waals surface area (Å²) in [5.41, 5.74) is 0.104. The number of nitrogens with zero attached hydrogens (tertiary/aromatic N) is 1. The smallest absolute Gasteiger partial charge is 0.0746 e. The average molecular weight is 239 g/mol. The van der Waals surface area contributed by atoms with Gasteiger partial charge in [0.2, 0.25) is 0 Å². The van der Waals surface area contributed by atoms with E-state index in [2.05, 4.69) is 32.6 Å². The normalized spacial score (nSPS) is 33.4. The Morgan fingerprint density at radius 3 is 2.41 bits per heavy atom. The summed E-state index contributed by atoms with van der Waals surface area (Å²) in [6.07, 6.45) is 6.18. The zero-order valence-electron chi connectivity index (χ0n) is 11.9. The minimum Gasteiger partial charge on any atom is -0.391 e. The maximum atomic E-state index is 10.6. The standard InChI is InChI=1S/C15H29NO/c1-11(2)10-16(12-7-8-12)13-6-5-9-15(3,4)14(13)17/h11-14,17H,5-10H2,1-4H3. The van der Waals surface area contributed by atoms with Gasteiger partial charge in [-0.15, -0.1) is 0 Å². The fourth-order valence-corrected chi connectivity index (χ4v) is 3.32. The van der Waals surface area contributed by atoms with Crippen LogP contribution in [0.25, 0.3) is 0 Å². The predicted octanol–water partition coefficient (Wildman–Crippen LogP) is 3.05. The Bertz CT molecular complexity index is 258. The van der Waals surface area contributed by atoms with Gasteiger partial charge in [0.1, 0.15) is 0 Å². The Kier molecular flexibility index (Phi) is 3.84. The molecule has 2 aliphatic rings. The lowest BCUT2D eigenvalue weighted by Gasteiger charge is -2.46. The van der Waals surface area contributed by atoms with E-state index in [4.69, 9.17) is 0 Å². The van der Waals surface area contributed by atoms with Crippen LogP contribution in [0, 0.1) is 11.3 Å². The van der Waals surface area contributed by atoms with Crippen molar-refractivity contribution in [3.05, 3.63) is 0 Å². The van der Waals surface area contributed by atoms with E-state index in [1.54, 1.807) is 0 Å². The summed E-state index contributed by atoms with van der Waals surface area (Å²) in [5.74, 6) is 0.702.